The van der Waals surface area contributed by atoms with Crippen molar-refractivity contribution in [1.82, 2.24) is 15.3 Å². The first-order chi connectivity index (χ1) is 12.6. The summed E-state index contributed by atoms with van der Waals surface area (Å²) < 4.78 is 0. The largest absolute Gasteiger partial charge is 0.358 e. The van der Waals surface area contributed by atoms with Crippen molar-refractivity contribution in [3.63, 3.8) is 0 Å². The van der Waals surface area contributed by atoms with Gasteiger partial charge in [-0.1, -0.05) is 0 Å². The van der Waals surface area contributed by atoms with E-state index in [1.165, 1.54) is 18.4 Å². The van der Waals surface area contributed by atoms with Crippen molar-refractivity contribution in [3.05, 3.63) is 58.9 Å². The molecule has 1 saturated heterocycles. The van der Waals surface area contributed by atoms with Crippen molar-refractivity contribution in [2.24, 2.45) is 0 Å². The third kappa shape index (κ3) is 3.17. The van der Waals surface area contributed by atoms with Gasteiger partial charge in [-0.2, -0.15) is 0 Å². The molecule has 0 unspecified atom stereocenters. The van der Waals surface area contributed by atoms with Crippen molar-refractivity contribution >= 4 is 22.6 Å². The summed E-state index contributed by atoms with van der Waals surface area (Å²) in [6, 6.07) is 9.85. The predicted octanol–water partition coefficient (Wildman–Crippen LogP) is 3.71. The van der Waals surface area contributed by atoms with Crippen molar-refractivity contribution in [1.29, 1.82) is 0 Å². The zero-order valence-electron chi connectivity index (χ0n) is 15.3. The molecule has 0 saturated carbocycles. The van der Waals surface area contributed by atoms with Gasteiger partial charge < -0.3 is 15.2 Å². The molecule has 5 heteroatoms. The van der Waals surface area contributed by atoms with Gasteiger partial charge >= 0.3 is 0 Å². The lowest BCUT2D eigenvalue weighted by Gasteiger charge is -2.17. The molecule has 1 aliphatic heterocycles. The molecule has 0 spiro atoms. The van der Waals surface area contributed by atoms with Gasteiger partial charge in [-0.3, -0.25) is 4.79 Å². The number of fused-ring (bicyclic) bond motifs is 1. The van der Waals surface area contributed by atoms with Crippen LogP contribution in [-0.4, -0.2) is 29.0 Å². The maximum absolute atomic E-state index is 12.6. The van der Waals surface area contributed by atoms with Gasteiger partial charge in [-0.25, -0.2) is 4.98 Å². The van der Waals surface area contributed by atoms with Crippen LogP contribution in [0.3, 0.4) is 0 Å². The van der Waals surface area contributed by atoms with E-state index >= 15 is 0 Å². The Hall–Kier alpha value is -2.82. The number of benzene rings is 1. The molecule has 4 rings (SSSR count). The molecule has 1 aromatic carbocycles. The van der Waals surface area contributed by atoms with E-state index in [0.29, 0.717) is 12.1 Å². The second-order valence-electron chi connectivity index (χ2n) is 7.03. The summed E-state index contributed by atoms with van der Waals surface area (Å²) in [5.41, 5.74) is 5.17. The van der Waals surface area contributed by atoms with E-state index in [2.05, 4.69) is 40.1 Å². The third-order valence-electron chi connectivity index (χ3n) is 5.26. The minimum absolute atomic E-state index is 0.0512. The smallest absolute Gasteiger partial charge is 0.251 e. The van der Waals surface area contributed by atoms with Crippen LogP contribution >= 0.6 is 0 Å². The predicted molar refractivity (Wildman–Crippen MR) is 105 cm³/mol. The lowest BCUT2D eigenvalue weighted by molar-refractivity contribution is 0.0951. The summed E-state index contributed by atoms with van der Waals surface area (Å²) in [6.45, 7) is 6.77. The minimum Gasteiger partial charge on any atom is -0.358 e. The molecule has 26 heavy (non-hydrogen) atoms. The Bertz CT molecular complexity index is 954. The zero-order valence-corrected chi connectivity index (χ0v) is 15.3. The van der Waals surface area contributed by atoms with Gasteiger partial charge in [0.25, 0.3) is 5.91 Å². The number of hydrogen-bond donors (Lipinski definition) is 2. The fourth-order valence-corrected chi connectivity index (χ4v) is 3.58. The molecule has 0 bridgehead atoms. The molecule has 5 nitrogen and oxygen atoms in total. The van der Waals surface area contributed by atoms with E-state index in [1.54, 1.807) is 0 Å². The van der Waals surface area contributed by atoms with Crippen LogP contribution in [0.1, 0.15) is 40.0 Å². The number of hydrogen-bond acceptors (Lipinski definition) is 3. The van der Waals surface area contributed by atoms with Crippen molar-refractivity contribution in [2.45, 2.75) is 33.2 Å². The molecule has 2 N–H and O–H groups in total. The highest BCUT2D eigenvalue weighted by atomic mass is 16.1. The zero-order chi connectivity index (χ0) is 18.1. The van der Waals surface area contributed by atoms with Crippen molar-refractivity contribution < 1.29 is 4.79 Å². The molecule has 0 aliphatic carbocycles. The molecule has 134 valence electrons. The summed E-state index contributed by atoms with van der Waals surface area (Å²) in [6.07, 6.45) is 4.28. The third-order valence-corrected chi connectivity index (χ3v) is 5.26. The van der Waals surface area contributed by atoms with Crippen molar-refractivity contribution in [2.75, 3.05) is 18.0 Å². The van der Waals surface area contributed by atoms with Gasteiger partial charge in [-0.15, -0.1) is 0 Å². The first-order valence-electron chi connectivity index (χ1n) is 9.19. The van der Waals surface area contributed by atoms with Crippen LogP contribution in [0.4, 0.5) is 5.82 Å². The average Bonchev–Trinajstić information content (AvgIpc) is 3.29. The number of carbonyl (C=O) groups is 1. The molecular formula is C21H24N4O. The number of nitrogens with one attached hydrogen (secondary N) is 2. The van der Waals surface area contributed by atoms with Crippen LogP contribution in [0.15, 0.2) is 36.5 Å². The van der Waals surface area contributed by atoms with Crippen molar-refractivity contribution in [3.8, 4) is 0 Å². The Morgan fingerprint density at radius 2 is 2.00 bits per heavy atom. The van der Waals surface area contributed by atoms with E-state index < -0.39 is 0 Å². The Kier molecular flexibility index (Phi) is 4.37. The molecule has 3 heterocycles. The van der Waals surface area contributed by atoms with Crippen LogP contribution in [0, 0.1) is 13.8 Å². The fourth-order valence-electron chi connectivity index (χ4n) is 3.58. The van der Waals surface area contributed by atoms with Gasteiger partial charge in [-0.05, 0) is 68.1 Å². The van der Waals surface area contributed by atoms with Crippen LogP contribution in [0.25, 0.3) is 10.9 Å². The fraction of sp³-hybridized carbons (Fsp3) is 0.333. The number of carbonyl (C=O) groups excluding carboxylic acids is 1. The molecule has 2 aromatic heterocycles. The Labute approximate surface area is 153 Å². The standard InChI is InChI=1S/C21H24N4O/c1-14-15(2)24-19-6-5-17(12-18(14)19)21(26)23-13-16-7-8-22-20(11-16)25-9-3-4-10-25/h5-8,11-12,24H,3-4,9-10,13H2,1-2H3,(H,23,26). The number of H-pyrrole nitrogens is 1. The maximum Gasteiger partial charge on any atom is 0.251 e. The molecule has 1 amide bonds. The molecule has 1 fully saturated rings. The van der Waals surface area contributed by atoms with E-state index in [4.69, 9.17) is 0 Å². The number of rotatable bonds is 4. The van der Waals surface area contributed by atoms with Gasteiger partial charge in [0.1, 0.15) is 5.82 Å². The molecule has 1 aliphatic rings. The number of aryl methyl sites for hydroxylation is 2. The van der Waals surface area contributed by atoms with E-state index in [0.717, 1.165) is 41.1 Å². The Balaban J connectivity index is 1.47. The number of aromatic amines is 1. The minimum atomic E-state index is -0.0512. The topological polar surface area (TPSA) is 61.0 Å². The number of aromatic nitrogens is 2. The summed E-state index contributed by atoms with van der Waals surface area (Å²) in [5, 5.41) is 4.14. The number of pyridine rings is 1. The molecule has 3 aromatic rings. The van der Waals surface area contributed by atoms with Crippen LogP contribution in [0.5, 0.6) is 0 Å². The van der Waals surface area contributed by atoms with Crippen LogP contribution < -0.4 is 10.2 Å². The Morgan fingerprint density at radius 1 is 1.19 bits per heavy atom. The lowest BCUT2D eigenvalue weighted by Crippen LogP contribution is -2.23. The van der Waals surface area contributed by atoms with Gasteiger partial charge in [0.05, 0.1) is 0 Å². The normalized spacial score (nSPS) is 14.2. The first-order valence-corrected chi connectivity index (χ1v) is 9.19. The molecule has 0 atom stereocenters. The number of amides is 1. The van der Waals surface area contributed by atoms with E-state index in [1.807, 2.05) is 30.5 Å². The second-order valence-corrected chi connectivity index (χ2v) is 7.03. The van der Waals surface area contributed by atoms with E-state index in [-0.39, 0.29) is 5.91 Å². The summed E-state index contributed by atoms with van der Waals surface area (Å²) in [4.78, 5) is 22.7. The molecular weight excluding hydrogens is 324 g/mol. The average molecular weight is 348 g/mol. The second kappa shape index (κ2) is 6.83. The quantitative estimate of drug-likeness (QED) is 0.755. The monoisotopic (exact) mass is 348 g/mol. The Morgan fingerprint density at radius 3 is 2.81 bits per heavy atom. The summed E-state index contributed by atoms with van der Waals surface area (Å²) in [7, 11) is 0. The SMILES string of the molecule is Cc1[nH]c2ccc(C(=O)NCc3ccnc(N4CCCC4)c3)cc2c1C. The highest BCUT2D eigenvalue weighted by molar-refractivity contribution is 5.99. The van der Waals surface area contributed by atoms with Crippen LogP contribution in [0.2, 0.25) is 0 Å². The molecule has 0 radical (unpaired) electrons. The van der Waals surface area contributed by atoms with Gasteiger partial charge in [0.2, 0.25) is 0 Å². The number of nitrogens with zero attached hydrogens (tertiary/aromatic N) is 2. The van der Waals surface area contributed by atoms with E-state index in [9.17, 15) is 4.79 Å². The highest BCUT2D eigenvalue weighted by Gasteiger charge is 2.14. The van der Waals surface area contributed by atoms with Gasteiger partial charge in [0, 0.05) is 48.0 Å². The number of anilines is 1. The van der Waals surface area contributed by atoms with Crippen LogP contribution in [-0.2, 0) is 6.54 Å². The maximum atomic E-state index is 12.6. The van der Waals surface area contributed by atoms with Gasteiger partial charge in [0.15, 0.2) is 0 Å². The highest BCUT2D eigenvalue weighted by Crippen LogP contribution is 2.22. The summed E-state index contributed by atoms with van der Waals surface area (Å²) >= 11 is 0. The lowest BCUT2D eigenvalue weighted by atomic mass is 10.1. The first kappa shape index (κ1) is 16.6. The summed E-state index contributed by atoms with van der Waals surface area (Å²) in [5.74, 6) is 0.957.